The number of hydrogen-bond donors (Lipinski definition) is 0. The highest BCUT2D eigenvalue weighted by molar-refractivity contribution is 9.10. The number of benzene rings is 5. The van der Waals surface area contributed by atoms with Gasteiger partial charge in [-0.1, -0.05) is 84.4 Å². The van der Waals surface area contributed by atoms with Crippen LogP contribution in [0.4, 0.5) is 0 Å². The molecular formula is C31H21BrO. The molecule has 5 aromatic carbocycles. The lowest BCUT2D eigenvalue weighted by Gasteiger charge is -2.22. The molecule has 6 aromatic rings. The molecule has 0 fully saturated rings. The highest BCUT2D eigenvalue weighted by atomic mass is 79.9. The molecule has 0 saturated heterocycles. The molecule has 2 heteroatoms. The minimum atomic E-state index is -0.0138. The Morgan fingerprint density at radius 2 is 1.45 bits per heavy atom. The molecule has 0 saturated carbocycles. The molecule has 0 amide bonds. The molecule has 0 radical (unpaired) electrons. The van der Waals surface area contributed by atoms with Gasteiger partial charge in [0.15, 0.2) is 0 Å². The van der Waals surface area contributed by atoms with Gasteiger partial charge >= 0.3 is 0 Å². The van der Waals surface area contributed by atoms with Gasteiger partial charge in [-0.3, -0.25) is 0 Å². The summed E-state index contributed by atoms with van der Waals surface area (Å²) in [6, 6.07) is 33.0. The summed E-state index contributed by atoms with van der Waals surface area (Å²) in [6.07, 6.45) is 0. The Labute approximate surface area is 200 Å². The molecule has 0 atom stereocenters. The van der Waals surface area contributed by atoms with Gasteiger partial charge in [-0.15, -0.1) is 0 Å². The van der Waals surface area contributed by atoms with Crippen molar-refractivity contribution < 1.29 is 4.42 Å². The smallest absolute Gasteiger partial charge is 0.136 e. The Morgan fingerprint density at radius 3 is 2.36 bits per heavy atom. The number of halogens is 1. The normalized spacial score (nSPS) is 14.2. The number of hydrogen-bond acceptors (Lipinski definition) is 1. The van der Waals surface area contributed by atoms with Gasteiger partial charge in [0.05, 0.1) is 0 Å². The van der Waals surface area contributed by atoms with E-state index in [1.54, 1.807) is 0 Å². The van der Waals surface area contributed by atoms with Crippen LogP contribution in [0.5, 0.6) is 0 Å². The van der Waals surface area contributed by atoms with E-state index < -0.39 is 0 Å². The SMILES string of the molecule is CC1(C)c2ccc(Br)cc2-c2ccc(-c3ccc4c(ccc5oc6ccccc6c54)c3)cc21. The first-order chi connectivity index (χ1) is 16.0. The van der Waals surface area contributed by atoms with E-state index in [2.05, 4.69) is 109 Å². The highest BCUT2D eigenvalue weighted by Gasteiger charge is 2.35. The van der Waals surface area contributed by atoms with E-state index in [1.165, 1.54) is 54.9 Å². The van der Waals surface area contributed by atoms with Crippen LogP contribution in [-0.4, -0.2) is 0 Å². The lowest BCUT2D eigenvalue weighted by atomic mass is 9.81. The van der Waals surface area contributed by atoms with Crippen LogP contribution in [0.25, 0.3) is 55.0 Å². The van der Waals surface area contributed by atoms with Gasteiger partial charge in [0, 0.05) is 20.7 Å². The Morgan fingerprint density at radius 1 is 0.636 bits per heavy atom. The van der Waals surface area contributed by atoms with Crippen LogP contribution in [0.3, 0.4) is 0 Å². The lowest BCUT2D eigenvalue weighted by molar-refractivity contribution is 0.660. The molecule has 0 unspecified atom stereocenters. The Kier molecular flexibility index (Phi) is 3.82. The van der Waals surface area contributed by atoms with E-state index >= 15 is 0 Å². The third kappa shape index (κ3) is 2.65. The third-order valence-electron chi connectivity index (χ3n) is 7.33. The second kappa shape index (κ2) is 6.59. The maximum Gasteiger partial charge on any atom is 0.136 e. The number of fused-ring (bicyclic) bond motifs is 8. The van der Waals surface area contributed by atoms with E-state index in [-0.39, 0.29) is 5.41 Å². The molecule has 0 aliphatic heterocycles. The maximum atomic E-state index is 6.08. The summed E-state index contributed by atoms with van der Waals surface area (Å²) in [6.45, 7) is 4.66. The summed E-state index contributed by atoms with van der Waals surface area (Å²) < 4.78 is 7.21. The molecule has 1 nitrogen and oxygen atoms in total. The topological polar surface area (TPSA) is 13.1 Å². The minimum Gasteiger partial charge on any atom is -0.456 e. The summed E-state index contributed by atoms with van der Waals surface area (Å²) in [4.78, 5) is 0. The van der Waals surface area contributed by atoms with E-state index in [0.717, 1.165) is 15.6 Å². The fourth-order valence-corrected chi connectivity index (χ4v) is 6.00. The molecule has 0 spiro atoms. The van der Waals surface area contributed by atoms with Gasteiger partial charge in [-0.05, 0) is 80.6 Å². The van der Waals surface area contributed by atoms with Crippen molar-refractivity contribution in [1.29, 1.82) is 0 Å². The molecule has 33 heavy (non-hydrogen) atoms. The first-order valence-electron chi connectivity index (χ1n) is 11.3. The zero-order valence-corrected chi connectivity index (χ0v) is 20.0. The summed E-state index contributed by atoms with van der Waals surface area (Å²) in [7, 11) is 0. The predicted molar refractivity (Wildman–Crippen MR) is 142 cm³/mol. The van der Waals surface area contributed by atoms with Gasteiger partial charge in [0.1, 0.15) is 11.2 Å². The van der Waals surface area contributed by atoms with Gasteiger partial charge in [0.25, 0.3) is 0 Å². The van der Waals surface area contributed by atoms with E-state index in [4.69, 9.17) is 4.42 Å². The largest absolute Gasteiger partial charge is 0.456 e. The fraction of sp³-hybridized carbons (Fsp3) is 0.0968. The molecule has 1 aromatic heterocycles. The number of para-hydroxylation sites is 1. The van der Waals surface area contributed by atoms with Crippen molar-refractivity contribution in [3.8, 4) is 22.3 Å². The Hall–Kier alpha value is -3.36. The van der Waals surface area contributed by atoms with E-state index in [1.807, 2.05) is 12.1 Å². The molecular weight excluding hydrogens is 468 g/mol. The first-order valence-corrected chi connectivity index (χ1v) is 12.1. The summed E-state index contributed by atoms with van der Waals surface area (Å²) in [5.41, 5.74) is 9.83. The monoisotopic (exact) mass is 488 g/mol. The van der Waals surface area contributed by atoms with Crippen LogP contribution in [0, 0.1) is 0 Å². The van der Waals surface area contributed by atoms with Crippen LogP contribution >= 0.6 is 15.9 Å². The lowest BCUT2D eigenvalue weighted by Crippen LogP contribution is -2.14. The van der Waals surface area contributed by atoms with Crippen LogP contribution in [0.15, 0.2) is 99.9 Å². The second-order valence-electron chi connectivity index (χ2n) is 9.55. The predicted octanol–water partition coefficient (Wildman–Crippen LogP) is 9.47. The molecule has 1 aliphatic rings. The van der Waals surface area contributed by atoms with Crippen molar-refractivity contribution in [2.75, 3.05) is 0 Å². The maximum absolute atomic E-state index is 6.08. The summed E-state index contributed by atoms with van der Waals surface area (Å²) >= 11 is 3.65. The molecule has 7 rings (SSSR count). The van der Waals surface area contributed by atoms with E-state index in [9.17, 15) is 0 Å². The van der Waals surface area contributed by atoms with Crippen molar-refractivity contribution in [2.24, 2.45) is 0 Å². The Bertz CT molecular complexity index is 1750. The van der Waals surface area contributed by atoms with Crippen LogP contribution in [0.2, 0.25) is 0 Å². The fourth-order valence-electron chi connectivity index (χ4n) is 5.64. The van der Waals surface area contributed by atoms with Crippen molar-refractivity contribution in [3.63, 3.8) is 0 Å². The number of furan rings is 1. The molecule has 1 heterocycles. The minimum absolute atomic E-state index is 0.0138. The standard InChI is InChI=1S/C31H21BrO/c1-31(2)26-13-10-21(32)17-25(26)23-12-8-19(16-27(23)31)18-7-11-22-20(15-18)9-14-29-30(22)24-5-3-4-6-28(24)33-29/h3-17H,1-2H3. The summed E-state index contributed by atoms with van der Waals surface area (Å²) in [5, 5.41) is 4.85. The molecule has 1 aliphatic carbocycles. The van der Waals surface area contributed by atoms with Gasteiger partial charge in [-0.25, -0.2) is 0 Å². The Balaban J connectivity index is 1.41. The van der Waals surface area contributed by atoms with Crippen molar-refractivity contribution in [3.05, 3.63) is 107 Å². The third-order valence-corrected chi connectivity index (χ3v) is 7.82. The van der Waals surface area contributed by atoms with Gasteiger partial charge in [-0.2, -0.15) is 0 Å². The summed E-state index contributed by atoms with van der Waals surface area (Å²) in [5.74, 6) is 0. The first kappa shape index (κ1) is 19.1. The number of rotatable bonds is 1. The van der Waals surface area contributed by atoms with Gasteiger partial charge in [0.2, 0.25) is 0 Å². The quantitative estimate of drug-likeness (QED) is 0.224. The van der Waals surface area contributed by atoms with Gasteiger partial charge < -0.3 is 4.42 Å². The van der Waals surface area contributed by atoms with Crippen molar-refractivity contribution in [2.45, 2.75) is 19.3 Å². The molecule has 158 valence electrons. The van der Waals surface area contributed by atoms with Crippen LogP contribution in [-0.2, 0) is 5.41 Å². The molecule has 0 N–H and O–H groups in total. The van der Waals surface area contributed by atoms with Crippen molar-refractivity contribution >= 4 is 48.6 Å². The van der Waals surface area contributed by atoms with E-state index in [0.29, 0.717) is 0 Å². The average Bonchev–Trinajstić information content (AvgIpc) is 3.31. The van der Waals surface area contributed by atoms with Crippen LogP contribution < -0.4 is 0 Å². The second-order valence-corrected chi connectivity index (χ2v) is 10.5. The highest BCUT2D eigenvalue weighted by Crippen LogP contribution is 2.50. The zero-order valence-electron chi connectivity index (χ0n) is 18.4. The molecule has 0 bridgehead atoms. The average molecular weight is 489 g/mol. The van der Waals surface area contributed by atoms with Crippen LogP contribution in [0.1, 0.15) is 25.0 Å². The zero-order chi connectivity index (χ0) is 22.3. The van der Waals surface area contributed by atoms with Crippen molar-refractivity contribution in [1.82, 2.24) is 0 Å².